The largest absolute Gasteiger partial charge is 0.370 e. The highest BCUT2D eigenvalue weighted by Gasteiger charge is 2.22. The Labute approximate surface area is 129 Å². The van der Waals surface area contributed by atoms with E-state index in [1.807, 2.05) is 6.92 Å². The summed E-state index contributed by atoms with van der Waals surface area (Å²) < 4.78 is 6.54. The second kappa shape index (κ2) is 7.55. The lowest BCUT2D eigenvalue weighted by molar-refractivity contribution is 0.0230. The maximum Gasteiger partial charge on any atom is 0.159 e. The normalized spacial score (nSPS) is 13.3. The van der Waals surface area contributed by atoms with Gasteiger partial charge in [-0.3, -0.25) is 0 Å². The second-order valence-electron chi connectivity index (χ2n) is 5.35. The number of hydrogen-bond donors (Lipinski definition) is 0. The van der Waals surface area contributed by atoms with Crippen LogP contribution in [0.4, 0.5) is 0 Å². The van der Waals surface area contributed by atoms with Gasteiger partial charge in [-0.25, -0.2) is 9.97 Å². The first-order chi connectivity index (χ1) is 8.86. The van der Waals surface area contributed by atoms with E-state index in [9.17, 15) is 0 Å². The highest BCUT2D eigenvalue weighted by molar-refractivity contribution is 9.10. The van der Waals surface area contributed by atoms with Gasteiger partial charge in [0.15, 0.2) is 5.82 Å². The van der Waals surface area contributed by atoms with Crippen molar-refractivity contribution in [3.63, 3.8) is 0 Å². The van der Waals surface area contributed by atoms with Gasteiger partial charge in [-0.1, -0.05) is 39.3 Å². The first-order valence-corrected chi connectivity index (χ1v) is 7.87. The van der Waals surface area contributed by atoms with Crippen molar-refractivity contribution in [2.24, 2.45) is 11.8 Å². The van der Waals surface area contributed by atoms with Gasteiger partial charge in [0.1, 0.15) is 11.3 Å². The molecule has 0 radical (unpaired) electrons. The lowest BCUT2D eigenvalue weighted by Crippen LogP contribution is -2.16. The summed E-state index contributed by atoms with van der Waals surface area (Å²) in [5.74, 6) is 1.50. The highest BCUT2D eigenvalue weighted by atomic mass is 79.9. The van der Waals surface area contributed by atoms with Crippen LogP contribution < -0.4 is 0 Å². The Morgan fingerprint density at radius 3 is 2.32 bits per heavy atom. The molecular weight excluding hydrogens is 328 g/mol. The van der Waals surface area contributed by atoms with Gasteiger partial charge < -0.3 is 4.74 Å². The molecule has 0 aliphatic carbocycles. The third-order valence-corrected chi connectivity index (χ3v) is 4.04. The van der Waals surface area contributed by atoms with Crippen LogP contribution in [0.1, 0.15) is 52.2 Å². The summed E-state index contributed by atoms with van der Waals surface area (Å²) in [5, 5.41) is 0.464. The van der Waals surface area contributed by atoms with Gasteiger partial charge in [0, 0.05) is 6.61 Å². The van der Waals surface area contributed by atoms with Crippen molar-refractivity contribution >= 4 is 27.5 Å². The van der Waals surface area contributed by atoms with Crippen LogP contribution in [-0.4, -0.2) is 16.6 Å². The summed E-state index contributed by atoms with van der Waals surface area (Å²) >= 11 is 9.67. The Morgan fingerprint density at radius 2 is 1.84 bits per heavy atom. The van der Waals surface area contributed by atoms with Crippen LogP contribution in [-0.2, 0) is 11.2 Å². The Hall–Kier alpha value is -0.190. The minimum atomic E-state index is -0.110. The number of hydrogen-bond acceptors (Lipinski definition) is 3. The minimum absolute atomic E-state index is 0.110. The molecule has 19 heavy (non-hydrogen) atoms. The SMILES string of the molecule is CCOC(c1nc(Cl)c(Br)c(CC(C)C)n1)C(C)C. The fourth-order valence-electron chi connectivity index (χ4n) is 1.87. The quantitative estimate of drug-likeness (QED) is 0.690. The smallest absolute Gasteiger partial charge is 0.159 e. The summed E-state index contributed by atoms with van der Waals surface area (Å²) in [7, 11) is 0. The number of nitrogens with zero attached hydrogens (tertiary/aromatic N) is 2. The summed E-state index contributed by atoms with van der Waals surface area (Å²) in [6.07, 6.45) is 0.758. The van der Waals surface area contributed by atoms with Crippen molar-refractivity contribution < 1.29 is 4.74 Å². The van der Waals surface area contributed by atoms with Crippen LogP contribution >= 0.6 is 27.5 Å². The van der Waals surface area contributed by atoms with Crippen LogP contribution in [0.25, 0.3) is 0 Å². The highest BCUT2D eigenvalue weighted by Crippen LogP contribution is 2.30. The summed E-state index contributed by atoms with van der Waals surface area (Å²) in [6, 6.07) is 0. The molecule has 0 aliphatic heterocycles. The van der Waals surface area contributed by atoms with Crippen LogP contribution in [0.5, 0.6) is 0 Å². The molecule has 0 saturated carbocycles. The first-order valence-electron chi connectivity index (χ1n) is 6.70. The monoisotopic (exact) mass is 348 g/mol. The van der Waals surface area contributed by atoms with Crippen molar-refractivity contribution in [1.29, 1.82) is 0 Å². The molecule has 1 rings (SSSR count). The van der Waals surface area contributed by atoms with Crippen molar-refractivity contribution in [2.45, 2.75) is 47.1 Å². The summed E-state index contributed by atoms with van der Waals surface area (Å²) in [4.78, 5) is 9.01. The molecule has 1 aromatic heterocycles. The van der Waals surface area contributed by atoms with Crippen molar-refractivity contribution in [1.82, 2.24) is 9.97 Å². The zero-order chi connectivity index (χ0) is 14.6. The predicted molar refractivity (Wildman–Crippen MR) is 82.5 cm³/mol. The molecular formula is C14H22BrClN2O. The predicted octanol–water partition coefficient (Wildman–Crippen LogP) is 4.82. The first kappa shape index (κ1) is 16.9. The molecule has 0 aliphatic rings. The lowest BCUT2D eigenvalue weighted by Gasteiger charge is -2.21. The molecule has 0 fully saturated rings. The Kier molecular flexibility index (Phi) is 6.71. The van der Waals surface area contributed by atoms with E-state index < -0.39 is 0 Å². The van der Waals surface area contributed by atoms with Gasteiger partial charge in [0.25, 0.3) is 0 Å². The molecule has 3 nitrogen and oxygen atoms in total. The van der Waals surface area contributed by atoms with Crippen molar-refractivity contribution in [3.05, 3.63) is 21.1 Å². The van der Waals surface area contributed by atoms with Gasteiger partial charge >= 0.3 is 0 Å². The van der Waals surface area contributed by atoms with Gasteiger partial charge in [0.2, 0.25) is 0 Å². The molecule has 0 N–H and O–H groups in total. The maximum atomic E-state index is 6.20. The maximum absolute atomic E-state index is 6.20. The van der Waals surface area contributed by atoms with Crippen LogP contribution in [0.3, 0.4) is 0 Å². The van der Waals surface area contributed by atoms with Gasteiger partial charge in [-0.15, -0.1) is 0 Å². The summed E-state index contributed by atoms with van der Waals surface area (Å²) in [5.41, 5.74) is 0.954. The van der Waals surface area contributed by atoms with E-state index in [0.29, 0.717) is 29.4 Å². The van der Waals surface area contributed by atoms with E-state index in [1.54, 1.807) is 0 Å². The van der Waals surface area contributed by atoms with E-state index in [4.69, 9.17) is 16.3 Å². The molecule has 0 bridgehead atoms. The van der Waals surface area contributed by atoms with Crippen LogP contribution in [0.15, 0.2) is 4.47 Å². The van der Waals surface area contributed by atoms with E-state index in [0.717, 1.165) is 16.6 Å². The molecule has 1 atom stereocenters. The average Bonchev–Trinajstić information content (AvgIpc) is 2.30. The number of aromatic nitrogens is 2. The van der Waals surface area contributed by atoms with Crippen LogP contribution in [0.2, 0.25) is 5.15 Å². The van der Waals surface area contributed by atoms with Crippen molar-refractivity contribution in [2.75, 3.05) is 6.61 Å². The fourth-order valence-corrected chi connectivity index (χ4v) is 2.41. The Balaban J connectivity index is 3.16. The molecule has 0 saturated heterocycles. The van der Waals surface area contributed by atoms with Gasteiger partial charge in [0.05, 0.1) is 10.2 Å². The van der Waals surface area contributed by atoms with E-state index in [1.165, 1.54) is 0 Å². The molecule has 0 amide bonds. The standard InChI is InChI=1S/C14H22BrClN2O/c1-6-19-12(9(4)5)14-17-10(7-8(2)3)11(15)13(16)18-14/h8-9,12H,6-7H2,1-5H3. The summed E-state index contributed by atoms with van der Waals surface area (Å²) in [6.45, 7) is 11.1. The molecule has 5 heteroatoms. The Morgan fingerprint density at radius 1 is 1.21 bits per heavy atom. The topological polar surface area (TPSA) is 35.0 Å². The molecule has 0 aromatic carbocycles. The lowest BCUT2D eigenvalue weighted by atomic mass is 10.1. The molecule has 0 spiro atoms. The van der Waals surface area contributed by atoms with Crippen molar-refractivity contribution in [3.8, 4) is 0 Å². The zero-order valence-corrected chi connectivity index (χ0v) is 14.5. The van der Waals surface area contributed by atoms with Gasteiger partial charge in [-0.2, -0.15) is 0 Å². The van der Waals surface area contributed by atoms with E-state index in [2.05, 4.69) is 53.6 Å². The second-order valence-corrected chi connectivity index (χ2v) is 6.50. The molecule has 1 aromatic rings. The van der Waals surface area contributed by atoms with Crippen LogP contribution in [0, 0.1) is 11.8 Å². The van der Waals surface area contributed by atoms with E-state index >= 15 is 0 Å². The zero-order valence-electron chi connectivity index (χ0n) is 12.2. The average molecular weight is 350 g/mol. The Bertz CT molecular complexity index is 424. The number of rotatable bonds is 6. The third-order valence-electron chi connectivity index (χ3n) is 2.70. The van der Waals surface area contributed by atoms with E-state index in [-0.39, 0.29) is 6.10 Å². The number of ether oxygens (including phenoxy) is 1. The molecule has 1 unspecified atom stereocenters. The third kappa shape index (κ3) is 4.69. The minimum Gasteiger partial charge on any atom is -0.370 e. The number of halogens is 2. The molecule has 108 valence electrons. The van der Waals surface area contributed by atoms with Gasteiger partial charge in [-0.05, 0) is 41.1 Å². The fraction of sp³-hybridized carbons (Fsp3) is 0.714. The molecule has 1 heterocycles.